The smallest absolute Gasteiger partial charge is 0.0234 e. The second-order valence-corrected chi connectivity index (χ2v) is 5.17. The van der Waals surface area contributed by atoms with Gasteiger partial charge in [0.25, 0.3) is 0 Å². The molecule has 94 valence electrons. The van der Waals surface area contributed by atoms with E-state index in [-0.39, 0.29) is 0 Å². The van der Waals surface area contributed by atoms with Crippen molar-refractivity contribution in [3.8, 4) is 0 Å². The summed E-state index contributed by atoms with van der Waals surface area (Å²) in [7, 11) is 4.34. The van der Waals surface area contributed by atoms with Crippen molar-refractivity contribution in [2.75, 3.05) is 27.2 Å². The Hall–Kier alpha value is -0.900. The van der Waals surface area contributed by atoms with E-state index in [2.05, 4.69) is 48.2 Å². The predicted octanol–water partition coefficient (Wildman–Crippen LogP) is 1.28. The lowest BCUT2D eigenvalue weighted by atomic mass is 10.1. The summed E-state index contributed by atoms with van der Waals surface area (Å²) in [5.41, 5.74) is 8.28. The highest BCUT2D eigenvalue weighted by Crippen LogP contribution is 2.16. The van der Waals surface area contributed by atoms with Gasteiger partial charge in [0, 0.05) is 32.2 Å². The number of likely N-dealkylation sites (N-methyl/N-ethyl adjacent to an activating group) is 1. The van der Waals surface area contributed by atoms with Crippen LogP contribution in [0.15, 0.2) is 24.3 Å². The first-order valence-electron chi connectivity index (χ1n) is 6.35. The third-order valence-corrected chi connectivity index (χ3v) is 3.61. The Bertz CT molecular complexity index is 362. The minimum Gasteiger partial charge on any atom is -0.326 e. The molecular formula is C14H23N3. The molecule has 3 nitrogen and oxygen atoms in total. The number of rotatable bonds is 4. The van der Waals surface area contributed by atoms with Gasteiger partial charge in [-0.1, -0.05) is 24.3 Å². The highest BCUT2D eigenvalue weighted by Gasteiger charge is 2.23. The average molecular weight is 233 g/mol. The van der Waals surface area contributed by atoms with Crippen LogP contribution in [0.5, 0.6) is 0 Å². The molecule has 0 bridgehead atoms. The van der Waals surface area contributed by atoms with Crippen LogP contribution in [0.4, 0.5) is 0 Å². The predicted molar refractivity (Wildman–Crippen MR) is 71.7 cm³/mol. The molecule has 3 heteroatoms. The molecule has 0 radical (unpaired) electrons. The van der Waals surface area contributed by atoms with E-state index in [9.17, 15) is 0 Å². The van der Waals surface area contributed by atoms with Crippen LogP contribution in [-0.2, 0) is 13.1 Å². The summed E-state index contributed by atoms with van der Waals surface area (Å²) in [6.07, 6.45) is 1.28. The van der Waals surface area contributed by atoms with E-state index >= 15 is 0 Å². The second kappa shape index (κ2) is 5.63. The lowest BCUT2D eigenvalue weighted by Gasteiger charge is -2.20. The molecule has 17 heavy (non-hydrogen) atoms. The van der Waals surface area contributed by atoms with Gasteiger partial charge in [0.05, 0.1) is 0 Å². The molecule has 1 aromatic rings. The monoisotopic (exact) mass is 233 g/mol. The lowest BCUT2D eigenvalue weighted by molar-refractivity contribution is 0.264. The maximum absolute atomic E-state index is 5.67. The zero-order valence-corrected chi connectivity index (χ0v) is 10.9. The Morgan fingerprint density at radius 1 is 1.35 bits per heavy atom. The molecule has 0 saturated carbocycles. The minimum absolute atomic E-state index is 0.633. The van der Waals surface area contributed by atoms with Crippen molar-refractivity contribution in [1.82, 2.24) is 9.80 Å². The van der Waals surface area contributed by atoms with Crippen molar-refractivity contribution < 1.29 is 0 Å². The quantitative estimate of drug-likeness (QED) is 0.850. The zero-order chi connectivity index (χ0) is 12.3. The lowest BCUT2D eigenvalue weighted by Crippen LogP contribution is -2.31. The SMILES string of the molecule is CN(C)C1CCN(Cc2cccc(CN)c2)C1. The topological polar surface area (TPSA) is 32.5 Å². The molecule has 1 aliphatic heterocycles. The van der Waals surface area contributed by atoms with Crippen molar-refractivity contribution >= 4 is 0 Å². The van der Waals surface area contributed by atoms with Crippen LogP contribution in [0.1, 0.15) is 17.5 Å². The molecule has 2 N–H and O–H groups in total. The fraction of sp³-hybridized carbons (Fsp3) is 0.571. The number of likely N-dealkylation sites (tertiary alicyclic amines) is 1. The van der Waals surface area contributed by atoms with Crippen LogP contribution in [0.25, 0.3) is 0 Å². The summed E-state index contributed by atoms with van der Waals surface area (Å²) in [5, 5.41) is 0. The standard InChI is InChI=1S/C14H23N3/c1-16(2)14-6-7-17(11-14)10-13-5-3-4-12(8-13)9-15/h3-5,8,14H,6-7,9-11,15H2,1-2H3. The van der Waals surface area contributed by atoms with Gasteiger partial charge in [-0.25, -0.2) is 0 Å². The molecule has 0 aliphatic carbocycles. The maximum atomic E-state index is 5.67. The minimum atomic E-state index is 0.633. The van der Waals surface area contributed by atoms with Gasteiger partial charge in [-0.3, -0.25) is 4.90 Å². The highest BCUT2D eigenvalue weighted by atomic mass is 15.2. The molecule has 0 aromatic heterocycles. The van der Waals surface area contributed by atoms with E-state index in [4.69, 9.17) is 5.73 Å². The molecule has 0 amide bonds. The van der Waals surface area contributed by atoms with E-state index in [1.54, 1.807) is 0 Å². The number of hydrogen-bond acceptors (Lipinski definition) is 3. The molecule has 1 atom stereocenters. The molecule has 1 aliphatic rings. The van der Waals surface area contributed by atoms with Crippen LogP contribution in [0.3, 0.4) is 0 Å². The van der Waals surface area contributed by atoms with E-state index in [1.807, 2.05) is 0 Å². The summed E-state index contributed by atoms with van der Waals surface area (Å²) in [4.78, 5) is 4.86. The Balaban J connectivity index is 1.93. The molecule has 1 unspecified atom stereocenters. The maximum Gasteiger partial charge on any atom is 0.0234 e. The van der Waals surface area contributed by atoms with Gasteiger partial charge >= 0.3 is 0 Å². The van der Waals surface area contributed by atoms with E-state index in [1.165, 1.54) is 30.6 Å². The summed E-state index contributed by atoms with van der Waals surface area (Å²) >= 11 is 0. The number of benzene rings is 1. The summed E-state index contributed by atoms with van der Waals surface area (Å²) in [6.45, 7) is 4.07. The molecule has 0 spiro atoms. The first kappa shape index (κ1) is 12.6. The second-order valence-electron chi connectivity index (χ2n) is 5.17. The van der Waals surface area contributed by atoms with Crippen molar-refractivity contribution in [2.24, 2.45) is 5.73 Å². The van der Waals surface area contributed by atoms with Gasteiger partial charge in [0.15, 0.2) is 0 Å². The molecule has 1 aromatic carbocycles. The fourth-order valence-electron chi connectivity index (χ4n) is 2.49. The van der Waals surface area contributed by atoms with Crippen molar-refractivity contribution in [3.63, 3.8) is 0 Å². The Morgan fingerprint density at radius 2 is 2.12 bits per heavy atom. The van der Waals surface area contributed by atoms with Gasteiger partial charge in [0.2, 0.25) is 0 Å². The number of hydrogen-bond donors (Lipinski definition) is 1. The van der Waals surface area contributed by atoms with Crippen LogP contribution in [0.2, 0.25) is 0 Å². The van der Waals surface area contributed by atoms with Gasteiger partial charge in [-0.15, -0.1) is 0 Å². The first-order valence-corrected chi connectivity index (χ1v) is 6.35. The van der Waals surface area contributed by atoms with Gasteiger partial charge in [-0.05, 0) is 31.6 Å². The first-order chi connectivity index (χ1) is 8.19. The summed E-state index contributed by atoms with van der Waals surface area (Å²) in [6, 6.07) is 9.34. The average Bonchev–Trinajstić information content (AvgIpc) is 2.78. The van der Waals surface area contributed by atoms with Gasteiger partial charge < -0.3 is 10.6 Å². The number of nitrogens with two attached hydrogens (primary N) is 1. The van der Waals surface area contributed by atoms with Gasteiger partial charge in [0.1, 0.15) is 0 Å². The Labute approximate surface area is 104 Å². The number of nitrogens with zero attached hydrogens (tertiary/aromatic N) is 2. The Morgan fingerprint density at radius 3 is 2.76 bits per heavy atom. The van der Waals surface area contributed by atoms with Crippen LogP contribution >= 0.6 is 0 Å². The molecular weight excluding hydrogens is 210 g/mol. The van der Waals surface area contributed by atoms with Crippen LogP contribution < -0.4 is 5.73 Å². The summed E-state index contributed by atoms with van der Waals surface area (Å²) in [5.74, 6) is 0. The van der Waals surface area contributed by atoms with E-state index in [0.717, 1.165) is 6.54 Å². The van der Waals surface area contributed by atoms with Crippen molar-refractivity contribution in [3.05, 3.63) is 35.4 Å². The van der Waals surface area contributed by atoms with Gasteiger partial charge in [-0.2, -0.15) is 0 Å². The van der Waals surface area contributed by atoms with Crippen LogP contribution in [0, 0.1) is 0 Å². The van der Waals surface area contributed by atoms with E-state index < -0.39 is 0 Å². The fourth-order valence-corrected chi connectivity index (χ4v) is 2.49. The Kier molecular flexibility index (Phi) is 4.15. The van der Waals surface area contributed by atoms with Crippen LogP contribution in [-0.4, -0.2) is 43.0 Å². The molecule has 1 fully saturated rings. The normalized spacial score (nSPS) is 21.3. The van der Waals surface area contributed by atoms with E-state index in [0.29, 0.717) is 12.6 Å². The molecule has 2 rings (SSSR count). The molecule has 1 heterocycles. The van der Waals surface area contributed by atoms with Crippen molar-refractivity contribution in [2.45, 2.75) is 25.6 Å². The zero-order valence-electron chi connectivity index (χ0n) is 10.9. The highest BCUT2D eigenvalue weighted by molar-refractivity contribution is 5.23. The van der Waals surface area contributed by atoms with Crippen molar-refractivity contribution in [1.29, 1.82) is 0 Å². The largest absolute Gasteiger partial charge is 0.326 e. The third-order valence-electron chi connectivity index (χ3n) is 3.61. The summed E-state index contributed by atoms with van der Waals surface area (Å²) < 4.78 is 0. The molecule has 1 saturated heterocycles. The third kappa shape index (κ3) is 3.28.